The van der Waals surface area contributed by atoms with Crippen molar-refractivity contribution in [1.82, 2.24) is 5.32 Å². The molecule has 0 atom stereocenters. The van der Waals surface area contributed by atoms with Crippen LogP contribution in [0.15, 0.2) is 60.7 Å². The zero-order valence-electron chi connectivity index (χ0n) is 17.2. The molecular weight excluding hydrogens is 357 g/mol. The number of hydrogen-bond donors (Lipinski definition) is 1. The molecule has 0 fully saturated rings. The fourth-order valence-electron chi connectivity index (χ4n) is 2.29. The van der Waals surface area contributed by atoms with Gasteiger partial charge < -0.3 is 18.9 Å². The van der Waals surface area contributed by atoms with Crippen LogP contribution in [0.25, 0.3) is 0 Å². The predicted molar refractivity (Wildman–Crippen MR) is 114 cm³/mol. The Labute approximate surface area is 166 Å². The third-order valence-electron chi connectivity index (χ3n) is 3.26. The van der Waals surface area contributed by atoms with Gasteiger partial charge in [0.2, 0.25) is 0 Å². The Bertz CT molecular complexity index is 529. The number of benzene rings is 2. The first-order valence-corrected chi connectivity index (χ1v) is 10.6. The van der Waals surface area contributed by atoms with E-state index in [1.807, 2.05) is 67.6 Å². The fraction of sp³-hybridized carbons (Fsp3) is 0.455. The molecule has 1 N–H and O–H groups in total. The molecule has 0 aliphatic rings. The smallest absolute Gasteiger partial charge is 0.313 e. The minimum atomic E-state index is -1.31. The van der Waals surface area contributed by atoms with E-state index in [-0.39, 0.29) is 0 Å². The van der Waals surface area contributed by atoms with Crippen molar-refractivity contribution in [3.63, 3.8) is 0 Å². The second-order valence-corrected chi connectivity index (χ2v) is 7.86. The molecule has 0 radical (unpaired) electrons. The maximum absolute atomic E-state index is 5.71. The van der Waals surface area contributed by atoms with Crippen LogP contribution in [-0.2, 0) is 26.8 Å². The second-order valence-electron chi connectivity index (χ2n) is 6.64. The molecule has 0 aliphatic carbocycles. The molecule has 0 heterocycles. The Morgan fingerprint density at radius 3 is 1.41 bits per heavy atom. The highest BCUT2D eigenvalue weighted by molar-refractivity contribution is 7.41. The van der Waals surface area contributed by atoms with Crippen molar-refractivity contribution < 1.29 is 13.6 Å². The molecule has 0 aromatic heterocycles. The highest BCUT2D eigenvalue weighted by Crippen LogP contribution is 2.41. The van der Waals surface area contributed by atoms with E-state index in [0.717, 1.165) is 11.1 Å². The van der Waals surface area contributed by atoms with E-state index < -0.39 is 8.60 Å². The lowest BCUT2D eigenvalue weighted by atomic mass is 10.2. The van der Waals surface area contributed by atoms with Gasteiger partial charge >= 0.3 is 8.60 Å². The summed E-state index contributed by atoms with van der Waals surface area (Å²) in [5.41, 5.74) is 2.23. The highest BCUT2D eigenvalue weighted by atomic mass is 31.2. The molecule has 0 bridgehead atoms. The summed E-state index contributed by atoms with van der Waals surface area (Å²) in [6.07, 6.45) is 0. The van der Waals surface area contributed by atoms with Crippen LogP contribution in [0.3, 0.4) is 0 Å². The van der Waals surface area contributed by atoms with Gasteiger partial charge in [-0.05, 0) is 18.1 Å². The van der Waals surface area contributed by atoms with Crippen LogP contribution >= 0.6 is 8.60 Å². The van der Waals surface area contributed by atoms with Crippen LogP contribution in [0.4, 0.5) is 0 Å². The van der Waals surface area contributed by atoms with Crippen molar-refractivity contribution in [2.75, 3.05) is 6.61 Å². The number of rotatable bonds is 10. The van der Waals surface area contributed by atoms with Gasteiger partial charge in [0.1, 0.15) is 0 Å². The topological polar surface area (TPSA) is 39.7 Å². The lowest BCUT2D eigenvalue weighted by molar-refractivity contribution is 0.154. The first kappa shape index (κ1) is 23.7. The standard InChI is InChI=1S/C16H19O3P.C6H15N/c1-2-17-20(18-13-15-9-5-3-6-10-15)19-14-16-11-7-4-8-12-16;1-5(2)7-6(3)4/h3-12H,2,13-14H2,1H3;5-7H,1-4H3. The Morgan fingerprint density at radius 2 is 1.11 bits per heavy atom. The van der Waals surface area contributed by atoms with E-state index in [9.17, 15) is 0 Å². The molecule has 0 saturated carbocycles. The third-order valence-corrected chi connectivity index (χ3v) is 4.41. The molecule has 2 aromatic carbocycles. The summed E-state index contributed by atoms with van der Waals surface area (Å²) in [6, 6.07) is 21.3. The maximum Gasteiger partial charge on any atom is 0.333 e. The van der Waals surface area contributed by atoms with Crippen molar-refractivity contribution in [2.24, 2.45) is 0 Å². The number of nitrogens with one attached hydrogen (secondary N) is 1. The van der Waals surface area contributed by atoms with Gasteiger partial charge in [-0.1, -0.05) is 88.4 Å². The summed E-state index contributed by atoms with van der Waals surface area (Å²) >= 11 is 0. The Hall–Kier alpha value is -1.29. The average molecular weight is 391 g/mol. The van der Waals surface area contributed by atoms with Crippen molar-refractivity contribution in [3.8, 4) is 0 Å². The zero-order valence-corrected chi connectivity index (χ0v) is 18.1. The molecule has 150 valence electrons. The van der Waals surface area contributed by atoms with Crippen LogP contribution in [0.5, 0.6) is 0 Å². The van der Waals surface area contributed by atoms with Gasteiger partial charge in [0.25, 0.3) is 0 Å². The Balaban J connectivity index is 0.000000445. The van der Waals surface area contributed by atoms with Crippen molar-refractivity contribution in [1.29, 1.82) is 0 Å². The van der Waals surface area contributed by atoms with Gasteiger partial charge in [0, 0.05) is 12.1 Å². The minimum absolute atomic E-state index is 0.501. The summed E-state index contributed by atoms with van der Waals surface area (Å²) in [5, 5.41) is 3.31. The highest BCUT2D eigenvalue weighted by Gasteiger charge is 2.12. The monoisotopic (exact) mass is 391 g/mol. The molecule has 2 rings (SSSR count). The quantitative estimate of drug-likeness (QED) is 0.499. The molecule has 27 heavy (non-hydrogen) atoms. The summed E-state index contributed by atoms with van der Waals surface area (Å²) in [6.45, 7) is 12.1. The summed E-state index contributed by atoms with van der Waals surface area (Å²) in [5.74, 6) is 0. The maximum atomic E-state index is 5.71. The Kier molecular flexibility index (Phi) is 13.0. The lowest BCUT2D eigenvalue weighted by Gasteiger charge is -2.16. The van der Waals surface area contributed by atoms with Crippen LogP contribution in [0, 0.1) is 0 Å². The molecule has 0 unspecified atom stereocenters. The van der Waals surface area contributed by atoms with Crippen LogP contribution < -0.4 is 5.32 Å². The zero-order chi connectivity index (χ0) is 19.9. The molecular formula is C22H34NO3P. The molecule has 0 saturated heterocycles. The van der Waals surface area contributed by atoms with Crippen molar-refractivity contribution in [3.05, 3.63) is 71.8 Å². The van der Waals surface area contributed by atoms with Crippen LogP contribution in [0.2, 0.25) is 0 Å². The largest absolute Gasteiger partial charge is 0.333 e. The first-order valence-electron chi connectivity index (χ1n) is 9.54. The van der Waals surface area contributed by atoms with Crippen LogP contribution in [0.1, 0.15) is 45.7 Å². The molecule has 2 aromatic rings. The lowest BCUT2D eigenvalue weighted by Crippen LogP contribution is -2.29. The number of hydrogen-bond acceptors (Lipinski definition) is 4. The summed E-state index contributed by atoms with van der Waals surface area (Å²) in [4.78, 5) is 0. The van der Waals surface area contributed by atoms with E-state index in [4.69, 9.17) is 13.6 Å². The fourth-order valence-corrected chi connectivity index (χ4v) is 3.23. The molecule has 0 amide bonds. The van der Waals surface area contributed by atoms with Gasteiger partial charge in [0.15, 0.2) is 0 Å². The minimum Gasteiger partial charge on any atom is -0.313 e. The predicted octanol–water partition coefficient (Wildman–Crippen LogP) is 6.08. The van der Waals surface area contributed by atoms with Gasteiger partial charge in [-0.3, -0.25) is 0 Å². The second kappa shape index (κ2) is 14.7. The average Bonchev–Trinajstić information content (AvgIpc) is 2.65. The van der Waals surface area contributed by atoms with Gasteiger partial charge in [-0.2, -0.15) is 0 Å². The van der Waals surface area contributed by atoms with Crippen LogP contribution in [-0.4, -0.2) is 18.7 Å². The van der Waals surface area contributed by atoms with E-state index in [2.05, 4.69) is 33.0 Å². The molecule has 5 heteroatoms. The van der Waals surface area contributed by atoms with Crippen molar-refractivity contribution >= 4 is 8.60 Å². The summed E-state index contributed by atoms with van der Waals surface area (Å²) in [7, 11) is -1.31. The van der Waals surface area contributed by atoms with Gasteiger partial charge in [-0.25, -0.2) is 0 Å². The molecule has 4 nitrogen and oxygen atoms in total. The first-order chi connectivity index (χ1) is 13.0. The van der Waals surface area contributed by atoms with Gasteiger partial charge in [-0.15, -0.1) is 0 Å². The van der Waals surface area contributed by atoms with Gasteiger partial charge in [0.05, 0.1) is 19.8 Å². The molecule has 0 aliphatic heterocycles. The normalized spacial score (nSPS) is 11.0. The van der Waals surface area contributed by atoms with E-state index >= 15 is 0 Å². The van der Waals surface area contributed by atoms with E-state index in [1.54, 1.807) is 0 Å². The Morgan fingerprint density at radius 1 is 0.704 bits per heavy atom. The van der Waals surface area contributed by atoms with E-state index in [1.165, 1.54) is 0 Å². The van der Waals surface area contributed by atoms with Crippen molar-refractivity contribution in [2.45, 2.75) is 59.9 Å². The SMILES string of the molecule is CC(C)NC(C)C.CCOP(OCc1ccccc1)OCc1ccccc1. The summed E-state index contributed by atoms with van der Waals surface area (Å²) < 4.78 is 16.9. The third kappa shape index (κ3) is 12.7. The van der Waals surface area contributed by atoms with E-state index in [0.29, 0.717) is 31.9 Å². The molecule has 0 spiro atoms.